The third kappa shape index (κ3) is 4.69. The Labute approximate surface area is 175 Å². The van der Waals surface area contributed by atoms with Crippen molar-refractivity contribution in [3.63, 3.8) is 0 Å². The van der Waals surface area contributed by atoms with Gasteiger partial charge in [0, 0.05) is 63.5 Å². The summed E-state index contributed by atoms with van der Waals surface area (Å²) in [5.74, 6) is 0.437. The highest BCUT2D eigenvalue weighted by atomic mass is 35.5. The molecule has 0 amide bonds. The van der Waals surface area contributed by atoms with Crippen LogP contribution in [-0.2, 0) is 6.54 Å². The Bertz CT molecular complexity index is 730. The third-order valence-electron chi connectivity index (χ3n) is 6.21. The van der Waals surface area contributed by atoms with E-state index in [2.05, 4.69) is 76.2 Å². The van der Waals surface area contributed by atoms with Crippen molar-refractivity contribution in [3.8, 4) is 0 Å². The molecule has 2 aromatic carbocycles. The standard InChI is InChI=1S/C23H32N4.ClH/c1-2-25-12-14-27(15-13-25)23-11-7-6-10-20(23)16-26-17-21(22(24)18-26)19-8-4-3-5-9-19;/h3-11,21-22H,2,12-18,24H2,1H3;1H/t21-,22+;/m0./s1. The summed E-state index contributed by atoms with van der Waals surface area (Å²) in [6, 6.07) is 19.9. The molecule has 2 saturated heterocycles. The summed E-state index contributed by atoms with van der Waals surface area (Å²) in [6.45, 7) is 11.0. The van der Waals surface area contributed by atoms with E-state index in [4.69, 9.17) is 5.73 Å². The maximum absolute atomic E-state index is 6.51. The van der Waals surface area contributed by atoms with Crippen LogP contribution in [0, 0.1) is 0 Å². The monoisotopic (exact) mass is 400 g/mol. The highest BCUT2D eigenvalue weighted by Crippen LogP contribution is 2.30. The van der Waals surface area contributed by atoms with E-state index >= 15 is 0 Å². The second kappa shape index (κ2) is 9.75. The number of halogens is 1. The SMILES string of the molecule is CCN1CCN(c2ccccc2CN2C[C@@H](N)[C@H](c3ccccc3)C2)CC1.Cl. The molecule has 2 heterocycles. The molecule has 0 bridgehead atoms. The minimum Gasteiger partial charge on any atom is -0.369 e. The van der Waals surface area contributed by atoms with Crippen LogP contribution in [-0.4, -0.2) is 61.7 Å². The quantitative estimate of drug-likeness (QED) is 0.836. The van der Waals surface area contributed by atoms with E-state index in [0.29, 0.717) is 5.92 Å². The van der Waals surface area contributed by atoms with Gasteiger partial charge in [-0.1, -0.05) is 55.5 Å². The fraction of sp³-hybridized carbons (Fsp3) is 0.478. The van der Waals surface area contributed by atoms with Crippen molar-refractivity contribution in [1.82, 2.24) is 9.80 Å². The minimum absolute atomic E-state index is 0. The van der Waals surface area contributed by atoms with Crippen LogP contribution in [0.4, 0.5) is 5.69 Å². The zero-order chi connectivity index (χ0) is 18.6. The summed E-state index contributed by atoms with van der Waals surface area (Å²) in [4.78, 5) is 7.62. The zero-order valence-corrected chi connectivity index (χ0v) is 17.7. The molecule has 2 atom stereocenters. The average molecular weight is 401 g/mol. The predicted octanol–water partition coefficient (Wildman–Crippen LogP) is 3.18. The van der Waals surface area contributed by atoms with Crippen molar-refractivity contribution in [1.29, 1.82) is 0 Å². The first-order valence-corrected chi connectivity index (χ1v) is 10.3. The first kappa shape index (κ1) is 21.1. The Morgan fingerprint density at radius 1 is 0.857 bits per heavy atom. The van der Waals surface area contributed by atoms with Crippen LogP contribution in [0.25, 0.3) is 0 Å². The second-order valence-corrected chi connectivity index (χ2v) is 7.93. The van der Waals surface area contributed by atoms with Gasteiger partial charge in [-0.25, -0.2) is 0 Å². The largest absolute Gasteiger partial charge is 0.369 e. The maximum Gasteiger partial charge on any atom is 0.0412 e. The Morgan fingerprint density at radius 2 is 1.54 bits per heavy atom. The molecule has 0 radical (unpaired) electrons. The van der Waals surface area contributed by atoms with Crippen molar-refractivity contribution in [2.24, 2.45) is 5.73 Å². The predicted molar refractivity (Wildman–Crippen MR) is 120 cm³/mol. The molecule has 0 unspecified atom stereocenters. The Balaban J connectivity index is 0.00000225. The molecule has 2 aliphatic rings. The van der Waals surface area contributed by atoms with Crippen LogP contribution >= 0.6 is 12.4 Å². The molecule has 4 rings (SSSR count). The summed E-state index contributed by atoms with van der Waals surface area (Å²) in [6.07, 6.45) is 0. The maximum atomic E-state index is 6.51. The lowest BCUT2D eigenvalue weighted by Gasteiger charge is -2.36. The van der Waals surface area contributed by atoms with Crippen LogP contribution < -0.4 is 10.6 Å². The van der Waals surface area contributed by atoms with Crippen molar-refractivity contribution in [2.75, 3.05) is 50.7 Å². The van der Waals surface area contributed by atoms with Gasteiger partial charge in [0.15, 0.2) is 0 Å². The molecule has 2 fully saturated rings. The van der Waals surface area contributed by atoms with Crippen molar-refractivity contribution >= 4 is 18.1 Å². The van der Waals surface area contributed by atoms with E-state index in [9.17, 15) is 0 Å². The number of piperazine rings is 1. The van der Waals surface area contributed by atoms with Gasteiger partial charge in [0.2, 0.25) is 0 Å². The first-order chi connectivity index (χ1) is 13.2. The fourth-order valence-corrected chi connectivity index (χ4v) is 4.59. The van der Waals surface area contributed by atoms with E-state index in [1.807, 2.05) is 0 Å². The normalized spacial score (nSPS) is 23.6. The van der Waals surface area contributed by atoms with Gasteiger partial charge in [-0.2, -0.15) is 0 Å². The van der Waals surface area contributed by atoms with Gasteiger partial charge in [-0.05, 0) is 23.7 Å². The summed E-state index contributed by atoms with van der Waals surface area (Å²) < 4.78 is 0. The van der Waals surface area contributed by atoms with Crippen LogP contribution in [0.15, 0.2) is 54.6 Å². The molecule has 0 aliphatic carbocycles. The number of likely N-dealkylation sites (N-methyl/N-ethyl adjacent to an activating group) is 1. The lowest BCUT2D eigenvalue weighted by atomic mass is 9.95. The molecule has 0 spiro atoms. The summed E-state index contributed by atoms with van der Waals surface area (Å²) in [5, 5.41) is 0. The molecule has 2 aromatic rings. The highest BCUT2D eigenvalue weighted by Gasteiger charge is 2.31. The van der Waals surface area contributed by atoms with Crippen LogP contribution in [0.2, 0.25) is 0 Å². The number of anilines is 1. The van der Waals surface area contributed by atoms with Crippen molar-refractivity contribution < 1.29 is 0 Å². The van der Waals surface area contributed by atoms with Gasteiger partial charge < -0.3 is 15.5 Å². The summed E-state index contributed by atoms with van der Waals surface area (Å²) in [5.41, 5.74) is 10.7. The molecular formula is C23H33ClN4. The summed E-state index contributed by atoms with van der Waals surface area (Å²) in [7, 11) is 0. The van der Waals surface area contributed by atoms with Crippen molar-refractivity contribution in [2.45, 2.75) is 25.4 Å². The highest BCUT2D eigenvalue weighted by molar-refractivity contribution is 5.85. The number of para-hydroxylation sites is 1. The smallest absolute Gasteiger partial charge is 0.0412 e. The molecule has 0 saturated carbocycles. The van der Waals surface area contributed by atoms with E-state index in [-0.39, 0.29) is 18.4 Å². The van der Waals surface area contributed by atoms with E-state index in [1.54, 1.807) is 0 Å². The Kier molecular flexibility index (Phi) is 7.36. The van der Waals surface area contributed by atoms with Gasteiger partial charge >= 0.3 is 0 Å². The second-order valence-electron chi connectivity index (χ2n) is 7.93. The number of likely N-dealkylation sites (tertiary alicyclic amines) is 1. The topological polar surface area (TPSA) is 35.7 Å². The lowest BCUT2D eigenvalue weighted by Crippen LogP contribution is -2.46. The number of nitrogens with zero attached hydrogens (tertiary/aromatic N) is 3. The van der Waals surface area contributed by atoms with Gasteiger partial charge in [0.1, 0.15) is 0 Å². The minimum atomic E-state index is 0. The van der Waals surface area contributed by atoms with Gasteiger partial charge in [-0.15, -0.1) is 12.4 Å². The number of benzene rings is 2. The van der Waals surface area contributed by atoms with E-state index < -0.39 is 0 Å². The summed E-state index contributed by atoms with van der Waals surface area (Å²) >= 11 is 0. The molecule has 5 heteroatoms. The van der Waals surface area contributed by atoms with Crippen LogP contribution in [0.5, 0.6) is 0 Å². The number of hydrogen-bond acceptors (Lipinski definition) is 4. The van der Waals surface area contributed by atoms with Crippen LogP contribution in [0.1, 0.15) is 24.0 Å². The molecule has 152 valence electrons. The van der Waals surface area contributed by atoms with Gasteiger partial charge in [0.25, 0.3) is 0 Å². The molecule has 2 N–H and O–H groups in total. The van der Waals surface area contributed by atoms with Crippen molar-refractivity contribution in [3.05, 3.63) is 65.7 Å². The number of rotatable bonds is 5. The van der Waals surface area contributed by atoms with E-state index in [1.165, 1.54) is 16.8 Å². The molecule has 2 aliphatic heterocycles. The fourth-order valence-electron chi connectivity index (χ4n) is 4.59. The lowest BCUT2D eigenvalue weighted by molar-refractivity contribution is 0.270. The van der Waals surface area contributed by atoms with Gasteiger partial charge in [0.05, 0.1) is 0 Å². The van der Waals surface area contributed by atoms with Crippen LogP contribution in [0.3, 0.4) is 0 Å². The van der Waals surface area contributed by atoms with Gasteiger partial charge in [-0.3, -0.25) is 4.90 Å². The molecule has 4 nitrogen and oxygen atoms in total. The zero-order valence-electron chi connectivity index (χ0n) is 16.8. The Hall–Kier alpha value is -1.59. The van der Waals surface area contributed by atoms with E-state index in [0.717, 1.165) is 52.4 Å². The average Bonchev–Trinajstić information content (AvgIpc) is 3.09. The molecule has 28 heavy (non-hydrogen) atoms. The molecule has 0 aromatic heterocycles. The Morgan fingerprint density at radius 3 is 2.25 bits per heavy atom. The first-order valence-electron chi connectivity index (χ1n) is 10.3. The third-order valence-corrected chi connectivity index (χ3v) is 6.21. The molecular weight excluding hydrogens is 368 g/mol. The number of hydrogen-bond donors (Lipinski definition) is 1. The number of nitrogens with two attached hydrogens (primary N) is 1.